The second-order valence-corrected chi connectivity index (χ2v) is 13.9. The molecule has 0 spiro atoms. The summed E-state index contributed by atoms with van der Waals surface area (Å²) in [7, 11) is -4.38. The Balaban J connectivity index is 4.28. The summed E-state index contributed by atoms with van der Waals surface area (Å²) in [6.45, 7) is 3.55. The number of esters is 2. The molecule has 9 nitrogen and oxygen atoms in total. The number of rotatable bonds is 35. The Labute approximate surface area is 298 Å². The van der Waals surface area contributed by atoms with Gasteiger partial charge in [0.1, 0.15) is 6.61 Å². The van der Waals surface area contributed by atoms with Crippen molar-refractivity contribution in [2.75, 3.05) is 26.4 Å². The van der Waals surface area contributed by atoms with Gasteiger partial charge in [-0.25, -0.2) is 4.57 Å². The third-order valence-corrected chi connectivity index (χ3v) is 8.68. The fraction of sp³-hybridized carbons (Fsp3) is 0.744. The van der Waals surface area contributed by atoms with Crippen LogP contribution < -0.4 is 5.73 Å². The molecule has 0 aromatic heterocycles. The molecule has 0 saturated heterocycles. The van der Waals surface area contributed by atoms with Gasteiger partial charge in [0.2, 0.25) is 0 Å². The Morgan fingerprint density at radius 3 is 1.69 bits per heavy atom. The number of carbonyl (C=O) groups is 2. The quantitative estimate of drug-likeness (QED) is 0.0285. The Morgan fingerprint density at radius 2 is 1.12 bits per heavy atom. The number of phosphoric acid groups is 1. The van der Waals surface area contributed by atoms with Gasteiger partial charge in [-0.2, -0.15) is 0 Å². The molecular formula is C39H70NO8P. The van der Waals surface area contributed by atoms with Crippen LogP contribution in [0, 0.1) is 0 Å². The molecular weight excluding hydrogens is 641 g/mol. The first-order valence-electron chi connectivity index (χ1n) is 19.1. The molecule has 2 atom stereocenters. The van der Waals surface area contributed by atoms with E-state index >= 15 is 0 Å². The molecule has 0 amide bonds. The van der Waals surface area contributed by atoms with Crippen molar-refractivity contribution < 1.29 is 37.6 Å². The zero-order valence-corrected chi connectivity index (χ0v) is 31.8. The monoisotopic (exact) mass is 711 g/mol. The van der Waals surface area contributed by atoms with E-state index < -0.39 is 32.5 Å². The van der Waals surface area contributed by atoms with Crippen LogP contribution in [-0.2, 0) is 32.7 Å². The van der Waals surface area contributed by atoms with Crippen molar-refractivity contribution in [1.82, 2.24) is 0 Å². The summed E-state index contributed by atoms with van der Waals surface area (Å²) in [4.78, 5) is 34.7. The third-order valence-electron chi connectivity index (χ3n) is 7.70. The lowest BCUT2D eigenvalue weighted by molar-refractivity contribution is -0.161. The van der Waals surface area contributed by atoms with Gasteiger partial charge in [-0.05, 0) is 70.6 Å². The van der Waals surface area contributed by atoms with Crippen molar-refractivity contribution >= 4 is 19.8 Å². The summed E-state index contributed by atoms with van der Waals surface area (Å²) in [6, 6.07) is 0. The third kappa shape index (κ3) is 35.6. The molecule has 0 fully saturated rings. The number of hydrogen-bond donors (Lipinski definition) is 2. The lowest BCUT2D eigenvalue weighted by atomic mass is 10.1. The smallest absolute Gasteiger partial charge is 0.462 e. The van der Waals surface area contributed by atoms with Gasteiger partial charge in [0.25, 0.3) is 0 Å². The van der Waals surface area contributed by atoms with Crippen molar-refractivity contribution in [3.63, 3.8) is 0 Å². The summed E-state index contributed by atoms with van der Waals surface area (Å²) in [5.74, 6) is -0.863. The van der Waals surface area contributed by atoms with Crippen LogP contribution in [0.3, 0.4) is 0 Å². The minimum absolute atomic E-state index is 0.0475. The molecule has 3 N–H and O–H groups in total. The summed E-state index contributed by atoms with van der Waals surface area (Å²) in [5.41, 5.74) is 5.33. The zero-order valence-electron chi connectivity index (χ0n) is 30.9. The van der Waals surface area contributed by atoms with Crippen molar-refractivity contribution in [2.45, 2.75) is 161 Å². The zero-order chi connectivity index (χ0) is 36.1. The van der Waals surface area contributed by atoms with Gasteiger partial charge < -0.3 is 20.1 Å². The normalized spacial score (nSPS) is 14.0. The summed E-state index contributed by atoms with van der Waals surface area (Å²) in [6.07, 6.45) is 38.5. The number of hydrogen-bond acceptors (Lipinski definition) is 8. The minimum Gasteiger partial charge on any atom is -0.462 e. The van der Waals surface area contributed by atoms with Crippen LogP contribution in [0.5, 0.6) is 0 Å². The summed E-state index contributed by atoms with van der Waals surface area (Å²) in [5, 5.41) is 0. The number of allylic oxidation sites excluding steroid dienone is 8. The van der Waals surface area contributed by atoms with E-state index in [0.29, 0.717) is 6.42 Å². The molecule has 284 valence electrons. The van der Waals surface area contributed by atoms with E-state index in [-0.39, 0.29) is 32.6 Å². The molecule has 0 saturated carbocycles. The van der Waals surface area contributed by atoms with E-state index in [9.17, 15) is 19.0 Å². The topological polar surface area (TPSA) is 134 Å². The van der Waals surface area contributed by atoms with Gasteiger partial charge in [-0.15, -0.1) is 0 Å². The molecule has 2 unspecified atom stereocenters. The highest BCUT2D eigenvalue weighted by atomic mass is 31.2. The SMILES string of the molecule is CCC=CCC=CCC=CCCCCCCCC(=O)OC(COC(=O)CCCCCCCC=CCCCCCC)COP(=O)(O)OCCN. The number of ether oxygens (including phenoxy) is 2. The van der Waals surface area contributed by atoms with E-state index in [1.165, 1.54) is 32.1 Å². The largest absolute Gasteiger partial charge is 0.472 e. The molecule has 0 aliphatic carbocycles. The molecule has 49 heavy (non-hydrogen) atoms. The molecule has 0 heterocycles. The van der Waals surface area contributed by atoms with Gasteiger partial charge in [-0.1, -0.05) is 120 Å². The van der Waals surface area contributed by atoms with Crippen LogP contribution >= 0.6 is 7.82 Å². The number of carbonyl (C=O) groups excluding carboxylic acids is 2. The molecule has 0 rings (SSSR count). The number of phosphoric ester groups is 1. The van der Waals surface area contributed by atoms with Crippen LogP contribution in [0.1, 0.15) is 155 Å². The predicted molar refractivity (Wildman–Crippen MR) is 201 cm³/mol. The lowest BCUT2D eigenvalue weighted by Gasteiger charge is -2.19. The molecule has 10 heteroatoms. The minimum atomic E-state index is -4.38. The Kier molecular flexibility index (Phi) is 34.3. The van der Waals surface area contributed by atoms with Crippen molar-refractivity contribution in [2.24, 2.45) is 5.73 Å². The van der Waals surface area contributed by atoms with Crippen molar-refractivity contribution in [3.8, 4) is 0 Å². The maximum Gasteiger partial charge on any atom is 0.472 e. The average Bonchev–Trinajstić information content (AvgIpc) is 3.08. The number of unbranched alkanes of at least 4 members (excludes halogenated alkanes) is 14. The first kappa shape index (κ1) is 47.0. The van der Waals surface area contributed by atoms with E-state index in [1.54, 1.807) is 0 Å². The fourth-order valence-corrected chi connectivity index (χ4v) is 5.64. The highest BCUT2D eigenvalue weighted by Crippen LogP contribution is 2.43. The highest BCUT2D eigenvalue weighted by molar-refractivity contribution is 7.47. The van der Waals surface area contributed by atoms with Gasteiger partial charge in [0, 0.05) is 19.4 Å². The van der Waals surface area contributed by atoms with Crippen LogP contribution in [0.25, 0.3) is 0 Å². The van der Waals surface area contributed by atoms with Crippen LogP contribution in [-0.4, -0.2) is 49.3 Å². The molecule has 0 aliphatic rings. The maximum atomic E-state index is 12.5. The fourth-order valence-electron chi connectivity index (χ4n) is 4.88. The first-order chi connectivity index (χ1) is 23.8. The molecule has 0 bridgehead atoms. The van der Waals surface area contributed by atoms with Crippen LogP contribution in [0.4, 0.5) is 0 Å². The van der Waals surface area contributed by atoms with Crippen molar-refractivity contribution in [1.29, 1.82) is 0 Å². The van der Waals surface area contributed by atoms with E-state index in [4.69, 9.17) is 24.3 Å². The number of nitrogens with two attached hydrogens (primary N) is 1. The molecule has 0 aliphatic heterocycles. The van der Waals surface area contributed by atoms with Crippen LogP contribution in [0.2, 0.25) is 0 Å². The second kappa shape index (κ2) is 35.8. The maximum absolute atomic E-state index is 12.5. The van der Waals surface area contributed by atoms with Gasteiger partial charge >= 0.3 is 19.8 Å². The lowest BCUT2D eigenvalue weighted by Crippen LogP contribution is -2.29. The van der Waals surface area contributed by atoms with Gasteiger partial charge in [0.15, 0.2) is 6.10 Å². The Hall–Kier alpha value is -2.03. The summed E-state index contributed by atoms with van der Waals surface area (Å²) < 4.78 is 32.6. The second-order valence-electron chi connectivity index (χ2n) is 12.4. The predicted octanol–water partition coefficient (Wildman–Crippen LogP) is 10.4. The van der Waals surface area contributed by atoms with Gasteiger partial charge in [0.05, 0.1) is 13.2 Å². The Morgan fingerprint density at radius 1 is 0.633 bits per heavy atom. The summed E-state index contributed by atoms with van der Waals surface area (Å²) >= 11 is 0. The van der Waals surface area contributed by atoms with E-state index in [0.717, 1.165) is 89.9 Å². The standard InChI is InChI=1S/C39H70NO8P/c1-3-5-7-9-11-13-15-17-18-20-22-24-26-28-30-32-39(42)48-37(36-47-49(43,44)46-34-33-40)35-45-38(41)31-29-27-25-23-21-19-16-14-12-10-8-6-4-2/h5,7,11,13-14,16-18,37H,3-4,6,8-10,12,15,19-36,40H2,1-2H3,(H,43,44). The van der Waals surface area contributed by atoms with Gasteiger partial charge in [-0.3, -0.25) is 18.6 Å². The van der Waals surface area contributed by atoms with Crippen LogP contribution in [0.15, 0.2) is 48.6 Å². The Bertz CT molecular complexity index is 949. The average molecular weight is 712 g/mol. The molecule has 0 radical (unpaired) electrons. The molecule has 0 aromatic rings. The van der Waals surface area contributed by atoms with E-state index in [1.807, 2.05) is 0 Å². The first-order valence-corrected chi connectivity index (χ1v) is 20.6. The van der Waals surface area contributed by atoms with Crippen molar-refractivity contribution in [3.05, 3.63) is 48.6 Å². The molecule has 0 aromatic carbocycles. The highest BCUT2D eigenvalue weighted by Gasteiger charge is 2.25. The van der Waals surface area contributed by atoms with E-state index in [2.05, 4.69) is 62.5 Å².